The van der Waals surface area contributed by atoms with E-state index in [1.165, 1.54) is 6.92 Å². The molecule has 0 saturated heterocycles. The second-order valence-electron chi connectivity index (χ2n) is 8.24. The first-order valence-electron chi connectivity index (χ1n) is 10.3. The molecule has 1 N–H and O–H groups in total. The van der Waals surface area contributed by atoms with E-state index in [-0.39, 0.29) is 35.4 Å². The summed E-state index contributed by atoms with van der Waals surface area (Å²) in [7, 11) is 0. The number of nitrogens with one attached hydrogen (secondary N) is 1. The summed E-state index contributed by atoms with van der Waals surface area (Å²) in [5.41, 5.74) is 0.567. The number of carbonyl (C=O) groups is 4. The third-order valence-electron chi connectivity index (χ3n) is 5.47. The maximum absolute atomic E-state index is 12.9. The van der Waals surface area contributed by atoms with Crippen LogP contribution in [0.3, 0.4) is 0 Å². The number of imide groups is 1. The number of hydrogen-bond donors (Lipinski definition) is 1. The zero-order valence-electron chi connectivity index (χ0n) is 17.1. The van der Waals surface area contributed by atoms with Crippen LogP contribution in [0.2, 0.25) is 0 Å². The maximum atomic E-state index is 12.9. The van der Waals surface area contributed by atoms with Gasteiger partial charge in [0.25, 0.3) is 17.7 Å². The molecular weight excluding hydrogens is 372 g/mol. The normalized spacial score (nSPS) is 18.7. The number of amides is 3. The molecule has 0 unspecified atom stereocenters. The highest BCUT2D eigenvalue weighted by Gasteiger charge is 2.44. The predicted molar refractivity (Wildman–Crippen MR) is 106 cm³/mol. The topological polar surface area (TPSA) is 92.8 Å². The van der Waals surface area contributed by atoms with Crippen molar-refractivity contribution >= 4 is 23.7 Å². The zero-order chi connectivity index (χ0) is 21.1. The van der Waals surface area contributed by atoms with Crippen molar-refractivity contribution in [3.63, 3.8) is 0 Å². The number of ether oxygens (including phenoxy) is 1. The molecule has 156 valence electrons. The van der Waals surface area contributed by atoms with Crippen molar-refractivity contribution in [2.24, 2.45) is 5.92 Å². The Kier molecular flexibility index (Phi) is 6.35. The fraction of sp³-hybridized carbons (Fsp3) is 0.545. The van der Waals surface area contributed by atoms with E-state index in [1.54, 1.807) is 24.3 Å². The molecule has 1 aromatic rings. The molecule has 1 aliphatic carbocycles. The molecule has 7 heteroatoms. The van der Waals surface area contributed by atoms with E-state index >= 15 is 0 Å². The molecule has 0 spiro atoms. The van der Waals surface area contributed by atoms with Gasteiger partial charge in [-0.3, -0.25) is 19.3 Å². The molecule has 1 aromatic carbocycles. The Bertz CT molecular complexity index is 778. The minimum atomic E-state index is -1.07. The Balaban J connectivity index is 1.73. The molecule has 1 aliphatic heterocycles. The highest BCUT2D eigenvalue weighted by Crippen LogP contribution is 2.27. The van der Waals surface area contributed by atoms with Crippen LogP contribution in [0.25, 0.3) is 0 Å². The fourth-order valence-electron chi connectivity index (χ4n) is 3.94. The van der Waals surface area contributed by atoms with Crippen molar-refractivity contribution in [2.45, 2.75) is 71.1 Å². The first kappa shape index (κ1) is 21.0. The number of nitrogens with zero attached hydrogens (tertiary/aromatic N) is 1. The molecule has 1 heterocycles. The Morgan fingerprint density at radius 2 is 1.62 bits per heavy atom. The fourth-order valence-corrected chi connectivity index (χ4v) is 3.94. The quantitative estimate of drug-likeness (QED) is 0.561. The summed E-state index contributed by atoms with van der Waals surface area (Å²) in [4.78, 5) is 51.9. The van der Waals surface area contributed by atoms with Gasteiger partial charge in [-0.05, 0) is 44.2 Å². The van der Waals surface area contributed by atoms with Crippen LogP contribution in [0, 0.1) is 5.92 Å². The van der Waals surface area contributed by atoms with Crippen LogP contribution < -0.4 is 5.32 Å². The number of esters is 1. The van der Waals surface area contributed by atoms with Gasteiger partial charge in [0.2, 0.25) is 0 Å². The molecule has 0 radical (unpaired) electrons. The lowest BCUT2D eigenvalue weighted by molar-refractivity contribution is -0.159. The van der Waals surface area contributed by atoms with Gasteiger partial charge in [-0.25, -0.2) is 4.79 Å². The first-order chi connectivity index (χ1) is 13.8. The number of rotatable bonds is 7. The van der Waals surface area contributed by atoms with E-state index in [9.17, 15) is 19.2 Å². The number of hydrogen-bond acceptors (Lipinski definition) is 5. The second kappa shape index (κ2) is 8.76. The number of fused-ring (bicyclic) bond motifs is 1. The molecular formula is C22H28N2O5. The summed E-state index contributed by atoms with van der Waals surface area (Å²) >= 11 is 0. The van der Waals surface area contributed by atoms with E-state index in [0.29, 0.717) is 0 Å². The average molecular weight is 400 g/mol. The predicted octanol–water partition coefficient (Wildman–Crippen LogP) is 2.69. The van der Waals surface area contributed by atoms with Gasteiger partial charge in [0.1, 0.15) is 6.04 Å². The van der Waals surface area contributed by atoms with E-state index < -0.39 is 29.9 Å². The first-order valence-corrected chi connectivity index (χ1v) is 10.3. The average Bonchev–Trinajstić information content (AvgIpc) is 3.27. The van der Waals surface area contributed by atoms with Crippen molar-refractivity contribution in [3.05, 3.63) is 35.4 Å². The lowest BCUT2D eigenvalue weighted by atomic mass is 10.0. The summed E-state index contributed by atoms with van der Waals surface area (Å²) in [6.07, 6.45) is 3.29. The van der Waals surface area contributed by atoms with Crippen LogP contribution in [0.1, 0.15) is 73.6 Å². The van der Waals surface area contributed by atoms with Crippen LogP contribution >= 0.6 is 0 Å². The zero-order valence-corrected chi connectivity index (χ0v) is 17.1. The monoisotopic (exact) mass is 400 g/mol. The molecule has 3 rings (SSSR count). The molecule has 3 amide bonds. The third kappa shape index (κ3) is 4.49. The van der Waals surface area contributed by atoms with Crippen LogP contribution in [-0.2, 0) is 14.3 Å². The number of benzene rings is 1. The molecule has 2 aliphatic rings. The van der Waals surface area contributed by atoms with Crippen LogP contribution in [-0.4, -0.2) is 46.8 Å². The highest BCUT2D eigenvalue weighted by molar-refractivity contribution is 6.22. The second-order valence-corrected chi connectivity index (χ2v) is 8.24. The molecule has 29 heavy (non-hydrogen) atoms. The van der Waals surface area contributed by atoms with E-state index in [1.807, 2.05) is 13.8 Å². The molecule has 0 bridgehead atoms. The van der Waals surface area contributed by atoms with Crippen LogP contribution in [0.15, 0.2) is 24.3 Å². The van der Waals surface area contributed by atoms with Gasteiger partial charge in [-0.2, -0.15) is 0 Å². The molecule has 1 fully saturated rings. The van der Waals surface area contributed by atoms with Crippen molar-refractivity contribution < 1.29 is 23.9 Å². The van der Waals surface area contributed by atoms with E-state index in [2.05, 4.69) is 5.32 Å². The highest BCUT2D eigenvalue weighted by atomic mass is 16.5. The third-order valence-corrected chi connectivity index (χ3v) is 5.47. The van der Waals surface area contributed by atoms with Crippen molar-refractivity contribution in [1.29, 1.82) is 0 Å². The number of carbonyl (C=O) groups excluding carboxylic acids is 4. The molecule has 1 saturated carbocycles. The van der Waals surface area contributed by atoms with Crippen LogP contribution in [0.5, 0.6) is 0 Å². The SMILES string of the molecule is CC(C)C[C@@H](C(=O)O[C@@H](C)C(=O)NC1CCCC1)N1C(=O)c2ccccc2C1=O. The van der Waals surface area contributed by atoms with Crippen molar-refractivity contribution in [3.8, 4) is 0 Å². The Morgan fingerprint density at radius 3 is 2.14 bits per heavy atom. The van der Waals surface area contributed by atoms with Crippen LogP contribution in [0.4, 0.5) is 0 Å². The smallest absolute Gasteiger partial charge is 0.330 e. The van der Waals surface area contributed by atoms with Crippen molar-refractivity contribution in [1.82, 2.24) is 10.2 Å². The lowest BCUT2D eigenvalue weighted by Crippen LogP contribution is -2.49. The molecule has 2 atom stereocenters. The van der Waals surface area contributed by atoms with Gasteiger partial charge in [0.05, 0.1) is 11.1 Å². The minimum absolute atomic E-state index is 0.0412. The summed E-state index contributed by atoms with van der Waals surface area (Å²) in [6.45, 7) is 5.31. The molecule has 7 nitrogen and oxygen atoms in total. The van der Waals surface area contributed by atoms with Gasteiger partial charge in [-0.15, -0.1) is 0 Å². The summed E-state index contributed by atoms with van der Waals surface area (Å²) in [5, 5.41) is 2.90. The summed E-state index contributed by atoms with van der Waals surface area (Å²) < 4.78 is 5.40. The van der Waals surface area contributed by atoms with E-state index in [4.69, 9.17) is 4.74 Å². The lowest BCUT2D eigenvalue weighted by Gasteiger charge is -2.27. The Labute approximate surface area is 170 Å². The van der Waals surface area contributed by atoms with Gasteiger partial charge in [0, 0.05) is 6.04 Å². The minimum Gasteiger partial charge on any atom is -0.451 e. The largest absolute Gasteiger partial charge is 0.451 e. The van der Waals surface area contributed by atoms with Gasteiger partial charge < -0.3 is 10.1 Å². The Morgan fingerprint density at radius 1 is 1.07 bits per heavy atom. The van der Waals surface area contributed by atoms with E-state index in [0.717, 1.165) is 30.6 Å². The Hall–Kier alpha value is -2.70. The maximum Gasteiger partial charge on any atom is 0.330 e. The van der Waals surface area contributed by atoms with Crippen molar-refractivity contribution in [2.75, 3.05) is 0 Å². The molecule has 0 aromatic heterocycles. The summed E-state index contributed by atoms with van der Waals surface area (Å²) in [5.74, 6) is -2.05. The van der Waals surface area contributed by atoms with Gasteiger partial charge in [-0.1, -0.05) is 38.8 Å². The standard InChI is InChI=1S/C22H28N2O5/c1-13(2)12-18(24-20(26)16-10-6-7-11-17(16)21(24)27)22(28)29-14(3)19(25)23-15-8-4-5-9-15/h6-7,10-11,13-15,18H,4-5,8-9,12H2,1-3H3,(H,23,25)/t14-,18-/m0/s1. The van der Waals surface area contributed by atoms with Gasteiger partial charge >= 0.3 is 5.97 Å². The summed E-state index contributed by atoms with van der Waals surface area (Å²) in [6, 6.07) is 5.56. The van der Waals surface area contributed by atoms with Gasteiger partial charge in [0.15, 0.2) is 6.10 Å².